The van der Waals surface area contributed by atoms with Crippen molar-refractivity contribution in [2.75, 3.05) is 19.5 Å². The molecule has 0 aromatic heterocycles. The molecule has 170 valence electrons. The van der Waals surface area contributed by atoms with Crippen molar-refractivity contribution in [3.05, 3.63) is 82.3 Å². The minimum absolute atomic E-state index is 0.328. The number of anilines is 1. The highest BCUT2D eigenvalue weighted by Gasteiger charge is 2.13. The number of hydrazine groups is 1. The summed E-state index contributed by atoms with van der Waals surface area (Å²) in [6.45, 7) is 4.83. The maximum atomic E-state index is 12.0. The Balaban J connectivity index is 1.63. The molecule has 2 amide bonds. The molecule has 1 aliphatic carbocycles. The first kappa shape index (κ1) is 23.2. The van der Waals surface area contributed by atoms with Gasteiger partial charge in [-0.05, 0) is 60.9 Å². The molecule has 0 unspecified atom stereocenters. The molecule has 0 spiro atoms. The molecule has 2 aromatic rings. The van der Waals surface area contributed by atoms with E-state index in [1.165, 1.54) is 7.05 Å². The molecule has 0 fully saturated rings. The van der Waals surface area contributed by atoms with E-state index >= 15 is 0 Å². The van der Waals surface area contributed by atoms with Gasteiger partial charge in [-0.2, -0.15) is 0 Å². The van der Waals surface area contributed by atoms with E-state index < -0.39 is 0 Å². The van der Waals surface area contributed by atoms with Gasteiger partial charge in [-0.3, -0.25) is 5.01 Å². The lowest BCUT2D eigenvalue weighted by atomic mass is 10.1. The van der Waals surface area contributed by atoms with E-state index in [4.69, 9.17) is 20.1 Å². The van der Waals surface area contributed by atoms with Crippen LogP contribution in [0.15, 0.2) is 60.1 Å². The fraction of sp³-hybridized carbons (Fsp3) is 0.320. The third-order valence-corrected chi connectivity index (χ3v) is 5.34. The lowest BCUT2D eigenvalue weighted by Crippen LogP contribution is -2.37. The zero-order valence-corrected chi connectivity index (χ0v) is 19.1. The summed E-state index contributed by atoms with van der Waals surface area (Å²) in [6.07, 6.45) is 5.62. The minimum atomic E-state index is -0.389. The highest BCUT2D eigenvalue weighted by molar-refractivity contribution is 5.89. The van der Waals surface area contributed by atoms with Crippen molar-refractivity contribution in [3.63, 3.8) is 0 Å². The number of hydrogen-bond donors (Lipinski definition) is 2. The lowest BCUT2D eigenvalue weighted by molar-refractivity contribution is 0.180. The SMILES string of the molecule is COC1=CC=C(OCc2ccc(OCc3c(C)cccc3NC(=O)N(C)N)c(C)c2)CC1. The molecule has 7 nitrogen and oxygen atoms in total. The number of nitrogens with one attached hydrogen (secondary N) is 1. The number of benzene rings is 2. The predicted molar refractivity (Wildman–Crippen MR) is 125 cm³/mol. The van der Waals surface area contributed by atoms with E-state index in [0.29, 0.717) is 18.9 Å². The van der Waals surface area contributed by atoms with Gasteiger partial charge >= 0.3 is 6.03 Å². The van der Waals surface area contributed by atoms with E-state index in [-0.39, 0.29) is 6.03 Å². The van der Waals surface area contributed by atoms with Crippen molar-refractivity contribution >= 4 is 11.7 Å². The van der Waals surface area contributed by atoms with Gasteiger partial charge in [0.15, 0.2) is 0 Å². The number of nitrogens with zero attached hydrogens (tertiary/aromatic N) is 1. The fourth-order valence-corrected chi connectivity index (χ4v) is 3.39. The molecule has 0 heterocycles. The first-order valence-electron chi connectivity index (χ1n) is 10.5. The monoisotopic (exact) mass is 437 g/mol. The predicted octanol–water partition coefficient (Wildman–Crippen LogP) is 4.94. The summed E-state index contributed by atoms with van der Waals surface area (Å²) in [5.74, 6) is 8.24. The molecule has 32 heavy (non-hydrogen) atoms. The second-order valence-corrected chi connectivity index (χ2v) is 7.79. The maximum absolute atomic E-state index is 12.0. The number of urea groups is 1. The topological polar surface area (TPSA) is 86.0 Å². The largest absolute Gasteiger partial charge is 0.501 e. The van der Waals surface area contributed by atoms with Crippen LogP contribution in [-0.4, -0.2) is 25.2 Å². The van der Waals surface area contributed by atoms with Crippen molar-refractivity contribution in [3.8, 4) is 5.75 Å². The van der Waals surface area contributed by atoms with Crippen LogP contribution in [0, 0.1) is 13.8 Å². The minimum Gasteiger partial charge on any atom is -0.501 e. The average molecular weight is 438 g/mol. The number of amides is 2. The number of nitrogens with two attached hydrogens (primary N) is 1. The number of ether oxygens (including phenoxy) is 3. The summed E-state index contributed by atoms with van der Waals surface area (Å²) < 4.78 is 17.3. The van der Waals surface area contributed by atoms with Crippen LogP contribution < -0.4 is 15.9 Å². The van der Waals surface area contributed by atoms with Crippen LogP contribution in [0.1, 0.15) is 35.1 Å². The van der Waals surface area contributed by atoms with Crippen molar-refractivity contribution in [1.29, 1.82) is 0 Å². The Morgan fingerprint density at radius 1 is 1.03 bits per heavy atom. The van der Waals surface area contributed by atoms with Crippen molar-refractivity contribution in [2.24, 2.45) is 5.84 Å². The quantitative estimate of drug-likeness (QED) is 0.347. The molecule has 3 rings (SSSR count). The zero-order valence-electron chi connectivity index (χ0n) is 19.1. The molecule has 0 saturated heterocycles. The number of carbonyl (C=O) groups excluding carboxylic acids is 1. The molecule has 0 bridgehead atoms. The fourth-order valence-electron chi connectivity index (χ4n) is 3.39. The molecule has 2 aromatic carbocycles. The summed E-state index contributed by atoms with van der Waals surface area (Å²) in [5.41, 5.74) is 4.71. The number of aryl methyl sites for hydroxylation is 2. The van der Waals surface area contributed by atoms with Gasteiger partial charge in [0.25, 0.3) is 0 Å². The normalized spacial score (nSPS) is 13.0. The van der Waals surface area contributed by atoms with Crippen LogP contribution in [0.2, 0.25) is 0 Å². The van der Waals surface area contributed by atoms with Gasteiger partial charge in [0, 0.05) is 31.1 Å². The first-order chi connectivity index (χ1) is 15.4. The van der Waals surface area contributed by atoms with Gasteiger partial charge in [0.2, 0.25) is 0 Å². The van der Waals surface area contributed by atoms with E-state index in [9.17, 15) is 4.79 Å². The number of hydrogen-bond acceptors (Lipinski definition) is 5. The summed E-state index contributed by atoms with van der Waals surface area (Å²) in [6, 6.07) is 11.4. The summed E-state index contributed by atoms with van der Waals surface area (Å²) in [5, 5.41) is 3.82. The Bertz CT molecular complexity index is 1030. The van der Waals surface area contributed by atoms with Crippen LogP contribution in [0.3, 0.4) is 0 Å². The van der Waals surface area contributed by atoms with Crippen LogP contribution in [0.4, 0.5) is 10.5 Å². The van der Waals surface area contributed by atoms with Crippen LogP contribution >= 0.6 is 0 Å². The lowest BCUT2D eigenvalue weighted by Gasteiger charge is -2.18. The number of carbonyl (C=O) groups is 1. The average Bonchev–Trinajstić information content (AvgIpc) is 2.78. The smallest absolute Gasteiger partial charge is 0.335 e. The van der Waals surface area contributed by atoms with E-state index in [2.05, 4.69) is 11.4 Å². The van der Waals surface area contributed by atoms with Crippen LogP contribution in [0.5, 0.6) is 5.75 Å². The van der Waals surface area contributed by atoms with Gasteiger partial charge in [-0.1, -0.05) is 18.2 Å². The van der Waals surface area contributed by atoms with E-state index in [1.807, 2.05) is 56.3 Å². The van der Waals surface area contributed by atoms with Gasteiger partial charge in [0.05, 0.1) is 18.6 Å². The molecule has 0 atom stereocenters. The molecule has 1 aliphatic rings. The summed E-state index contributed by atoms with van der Waals surface area (Å²) in [7, 11) is 3.18. The number of allylic oxidation sites excluding steroid dienone is 4. The van der Waals surface area contributed by atoms with Crippen molar-refractivity contribution in [2.45, 2.75) is 39.9 Å². The number of methoxy groups -OCH3 is 1. The highest BCUT2D eigenvalue weighted by atomic mass is 16.5. The van der Waals surface area contributed by atoms with Crippen LogP contribution in [-0.2, 0) is 22.7 Å². The Labute approximate surface area is 189 Å². The maximum Gasteiger partial charge on any atom is 0.335 e. The highest BCUT2D eigenvalue weighted by Crippen LogP contribution is 2.26. The second kappa shape index (κ2) is 10.7. The molecular weight excluding hydrogens is 406 g/mol. The molecule has 0 radical (unpaired) electrons. The van der Waals surface area contributed by atoms with Crippen molar-refractivity contribution in [1.82, 2.24) is 5.01 Å². The second-order valence-electron chi connectivity index (χ2n) is 7.79. The summed E-state index contributed by atoms with van der Waals surface area (Å²) in [4.78, 5) is 12.0. The third-order valence-electron chi connectivity index (χ3n) is 5.34. The molecule has 0 aliphatic heterocycles. The van der Waals surface area contributed by atoms with E-state index in [0.717, 1.165) is 57.4 Å². The molecule has 3 N–H and O–H groups in total. The van der Waals surface area contributed by atoms with Gasteiger partial charge in [-0.15, -0.1) is 0 Å². The van der Waals surface area contributed by atoms with Gasteiger partial charge < -0.3 is 19.5 Å². The van der Waals surface area contributed by atoms with E-state index in [1.54, 1.807) is 7.11 Å². The Hall–Kier alpha value is -3.45. The molecular formula is C25H31N3O4. The molecule has 7 heteroatoms. The van der Waals surface area contributed by atoms with Gasteiger partial charge in [-0.25, -0.2) is 10.6 Å². The van der Waals surface area contributed by atoms with Gasteiger partial charge in [0.1, 0.15) is 19.0 Å². The Morgan fingerprint density at radius 2 is 1.78 bits per heavy atom. The van der Waals surface area contributed by atoms with Crippen LogP contribution in [0.25, 0.3) is 0 Å². The summed E-state index contributed by atoms with van der Waals surface area (Å²) >= 11 is 0. The third kappa shape index (κ3) is 6.04. The molecule has 0 saturated carbocycles. The first-order valence-corrected chi connectivity index (χ1v) is 10.5. The van der Waals surface area contributed by atoms with Crippen molar-refractivity contribution < 1.29 is 19.0 Å². The Kier molecular flexibility index (Phi) is 7.78. The number of rotatable bonds is 8. The zero-order chi connectivity index (χ0) is 23.1. The standard InChI is InChI=1S/C25H31N3O4/c1-17-6-5-7-23(27-25(29)28(3)26)22(17)16-32-24-13-8-19(14-18(24)2)15-31-21-11-9-20(30-4)10-12-21/h5-9,11,13-14H,10,12,15-16,26H2,1-4H3,(H,27,29). The Morgan fingerprint density at radius 3 is 2.44 bits per heavy atom.